The van der Waals surface area contributed by atoms with Crippen LogP contribution in [0.4, 0.5) is 0 Å². The van der Waals surface area contributed by atoms with E-state index in [1.807, 2.05) is 30.3 Å². The lowest BCUT2D eigenvalue weighted by molar-refractivity contribution is 0.480. The van der Waals surface area contributed by atoms with Crippen LogP contribution in [0.25, 0.3) is 0 Å². The first-order chi connectivity index (χ1) is 7.34. The number of para-hydroxylation sites is 1. The lowest BCUT2D eigenvalue weighted by Crippen LogP contribution is -2.04. The molecule has 15 heavy (non-hydrogen) atoms. The topological polar surface area (TPSA) is 41.8 Å². The average Bonchev–Trinajstić information content (AvgIpc) is 2.64. The van der Waals surface area contributed by atoms with Gasteiger partial charge in [0.25, 0.3) is 8.38 Å². The lowest BCUT2D eigenvalue weighted by atomic mass is 10.0. The van der Waals surface area contributed by atoms with Crippen molar-refractivity contribution in [2.24, 2.45) is 4.99 Å². The molecular weight excluding hydrogens is 209 g/mol. The van der Waals surface area contributed by atoms with Crippen molar-refractivity contribution >= 4 is 14.6 Å². The standard InChI is InChI=1S/C11H10NO2P/c13-15-11-9(5-6-12-11)7-8-3-1-2-4-10(8)14-15/h1-6,11,13H,7H2. The van der Waals surface area contributed by atoms with Crippen molar-refractivity contribution in [2.75, 3.05) is 0 Å². The van der Waals surface area contributed by atoms with E-state index in [0.29, 0.717) is 0 Å². The molecule has 4 heteroatoms. The van der Waals surface area contributed by atoms with E-state index >= 15 is 0 Å². The predicted molar refractivity (Wildman–Crippen MR) is 60.3 cm³/mol. The average molecular weight is 219 g/mol. The second-order valence-corrected chi connectivity index (χ2v) is 4.87. The van der Waals surface area contributed by atoms with E-state index in [-0.39, 0.29) is 5.78 Å². The Morgan fingerprint density at radius 3 is 3.20 bits per heavy atom. The third-order valence-corrected chi connectivity index (χ3v) is 3.88. The summed E-state index contributed by atoms with van der Waals surface area (Å²) in [4.78, 5) is 14.1. The minimum absolute atomic E-state index is 0.160. The van der Waals surface area contributed by atoms with Gasteiger partial charge in [0.15, 0.2) is 5.78 Å². The largest absolute Gasteiger partial charge is 0.445 e. The van der Waals surface area contributed by atoms with Crippen LogP contribution < -0.4 is 4.52 Å². The molecule has 0 fully saturated rings. The number of hydrogen-bond acceptors (Lipinski definition) is 3. The summed E-state index contributed by atoms with van der Waals surface area (Å²) < 4.78 is 5.54. The molecule has 2 unspecified atom stereocenters. The molecule has 0 radical (unpaired) electrons. The molecule has 0 bridgehead atoms. The quantitative estimate of drug-likeness (QED) is 0.680. The number of hydrogen-bond donors (Lipinski definition) is 1. The van der Waals surface area contributed by atoms with Crippen LogP contribution >= 0.6 is 8.38 Å². The van der Waals surface area contributed by atoms with Gasteiger partial charge in [-0.25, -0.2) is 0 Å². The number of benzene rings is 1. The van der Waals surface area contributed by atoms with Gasteiger partial charge in [-0.1, -0.05) is 18.2 Å². The maximum atomic E-state index is 9.89. The fourth-order valence-electron chi connectivity index (χ4n) is 1.86. The highest BCUT2D eigenvalue weighted by molar-refractivity contribution is 7.47. The molecule has 0 aliphatic carbocycles. The van der Waals surface area contributed by atoms with Gasteiger partial charge in [-0.2, -0.15) is 0 Å². The van der Waals surface area contributed by atoms with Gasteiger partial charge in [-0.15, -0.1) is 0 Å². The van der Waals surface area contributed by atoms with Gasteiger partial charge in [0, 0.05) is 12.6 Å². The number of allylic oxidation sites excluding steroid dienone is 1. The Labute approximate surface area is 89.0 Å². The summed E-state index contributed by atoms with van der Waals surface area (Å²) in [5.41, 5.74) is 2.27. The molecule has 3 rings (SSSR count). The summed E-state index contributed by atoms with van der Waals surface area (Å²) in [6.45, 7) is 0. The highest BCUT2D eigenvalue weighted by Crippen LogP contribution is 2.48. The van der Waals surface area contributed by atoms with E-state index in [4.69, 9.17) is 4.52 Å². The normalized spacial score (nSPS) is 27.4. The maximum Gasteiger partial charge on any atom is 0.258 e. The molecule has 0 aromatic heterocycles. The Bertz CT molecular complexity index is 456. The van der Waals surface area contributed by atoms with Crippen LogP contribution in [0.1, 0.15) is 5.56 Å². The Balaban J connectivity index is 2.05. The SMILES string of the molecule is OP1Oc2ccccc2CC2=CC=NC21. The maximum absolute atomic E-state index is 9.89. The van der Waals surface area contributed by atoms with E-state index in [1.54, 1.807) is 6.21 Å². The number of rotatable bonds is 0. The summed E-state index contributed by atoms with van der Waals surface area (Å²) in [6, 6.07) is 7.82. The summed E-state index contributed by atoms with van der Waals surface area (Å²) in [6.07, 6.45) is 4.55. The van der Waals surface area contributed by atoms with Crippen LogP contribution in [0.15, 0.2) is 40.9 Å². The minimum atomic E-state index is -1.51. The van der Waals surface area contributed by atoms with Gasteiger partial charge in [-0.05, 0) is 23.3 Å². The fraction of sp³-hybridized carbons (Fsp3) is 0.182. The Morgan fingerprint density at radius 1 is 1.40 bits per heavy atom. The van der Waals surface area contributed by atoms with Crippen LogP contribution in [0.5, 0.6) is 5.75 Å². The fourth-order valence-corrected chi connectivity index (χ4v) is 2.99. The van der Waals surface area contributed by atoms with Crippen molar-refractivity contribution in [2.45, 2.75) is 12.2 Å². The Morgan fingerprint density at radius 2 is 2.27 bits per heavy atom. The molecule has 0 saturated heterocycles. The summed E-state index contributed by atoms with van der Waals surface area (Å²) in [7, 11) is -1.51. The van der Waals surface area contributed by atoms with Gasteiger partial charge in [0.2, 0.25) is 0 Å². The van der Waals surface area contributed by atoms with Gasteiger partial charge in [-0.3, -0.25) is 4.99 Å². The van der Waals surface area contributed by atoms with Crippen molar-refractivity contribution in [3.8, 4) is 5.75 Å². The minimum Gasteiger partial charge on any atom is -0.445 e. The Hall–Kier alpha value is -1.18. The van der Waals surface area contributed by atoms with Crippen molar-refractivity contribution in [3.05, 3.63) is 41.5 Å². The summed E-state index contributed by atoms with van der Waals surface area (Å²) >= 11 is 0. The molecule has 1 aromatic rings. The zero-order valence-electron chi connectivity index (χ0n) is 8.00. The van der Waals surface area contributed by atoms with Crippen molar-refractivity contribution in [1.82, 2.24) is 0 Å². The van der Waals surface area contributed by atoms with E-state index in [9.17, 15) is 4.89 Å². The molecule has 1 N–H and O–H groups in total. The highest BCUT2D eigenvalue weighted by atomic mass is 31.2. The van der Waals surface area contributed by atoms with Gasteiger partial charge in [0.05, 0.1) is 0 Å². The highest BCUT2D eigenvalue weighted by Gasteiger charge is 2.31. The third-order valence-electron chi connectivity index (χ3n) is 2.62. The summed E-state index contributed by atoms with van der Waals surface area (Å²) in [5.74, 6) is 0.629. The molecule has 2 aliphatic heterocycles. The first kappa shape index (κ1) is 9.08. The van der Waals surface area contributed by atoms with E-state index in [1.165, 1.54) is 0 Å². The smallest absolute Gasteiger partial charge is 0.258 e. The first-order valence-electron chi connectivity index (χ1n) is 4.81. The van der Waals surface area contributed by atoms with Gasteiger partial charge >= 0.3 is 0 Å². The van der Waals surface area contributed by atoms with E-state index in [0.717, 1.165) is 23.3 Å². The van der Waals surface area contributed by atoms with E-state index in [2.05, 4.69) is 4.99 Å². The van der Waals surface area contributed by atoms with Crippen LogP contribution in [0.2, 0.25) is 0 Å². The summed E-state index contributed by atoms with van der Waals surface area (Å²) in [5, 5.41) is 0. The zero-order chi connectivity index (χ0) is 10.3. The molecule has 0 amide bonds. The molecule has 2 atom stereocenters. The van der Waals surface area contributed by atoms with Crippen LogP contribution in [0.3, 0.4) is 0 Å². The van der Waals surface area contributed by atoms with Crippen molar-refractivity contribution in [1.29, 1.82) is 0 Å². The van der Waals surface area contributed by atoms with Crippen LogP contribution in [-0.4, -0.2) is 16.9 Å². The van der Waals surface area contributed by atoms with Gasteiger partial charge in [0.1, 0.15) is 5.75 Å². The second kappa shape index (κ2) is 3.44. The third kappa shape index (κ3) is 1.48. The van der Waals surface area contributed by atoms with Crippen LogP contribution in [-0.2, 0) is 6.42 Å². The van der Waals surface area contributed by atoms with Gasteiger partial charge < -0.3 is 9.42 Å². The monoisotopic (exact) mass is 219 g/mol. The molecule has 0 spiro atoms. The number of fused-ring (bicyclic) bond motifs is 2. The van der Waals surface area contributed by atoms with E-state index < -0.39 is 8.38 Å². The Kier molecular flexibility index (Phi) is 2.08. The first-order valence-corrected chi connectivity index (χ1v) is 6.09. The van der Waals surface area contributed by atoms with Crippen LogP contribution in [0, 0.1) is 0 Å². The number of aliphatic imine (C=N–C) groups is 1. The molecule has 3 nitrogen and oxygen atoms in total. The van der Waals surface area contributed by atoms with Crippen molar-refractivity contribution < 1.29 is 9.42 Å². The molecule has 76 valence electrons. The molecule has 0 saturated carbocycles. The lowest BCUT2D eigenvalue weighted by Gasteiger charge is -2.14. The zero-order valence-corrected chi connectivity index (χ0v) is 8.89. The molecule has 2 heterocycles. The predicted octanol–water partition coefficient (Wildman–Crippen LogP) is 2.26. The molecular formula is C11H10NO2P. The molecule has 1 aromatic carbocycles. The van der Waals surface area contributed by atoms with Crippen molar-refractivity contribution in [3.63, 3.8) is 0 Å². The number of nitrogens with zero attached hydrogens (tertiary/aromatic N) is 1. The second-order valence-electron chi connectivity index (χ2n) is 3.59. The molecule has 2 aliphatic rings.